The molecule has 0 spiro atoms. The molecule has 0 aromatic carbocycles. The van der Waals surface area contributed by atoms with Gasteiger partial charge in [-0.15, -0.1) is 0 Å². The van der Waals surface area contributed by atoms with Gasteiger partial charge in [-0.3, -0.25) is 0 Å². The van der Waals surface area contributed by atoms with Gasteiger partial charge in [-0.1, -0.05) is 6.92 Å². The quantitative estimate of drug-likeness (QED) is 0.689. The Morgan fingerprint density at radius 1 is 1.29 bits per heavy atom. The Kier molecular flexibility index (Phi) is 2.16. The van der Waals surface area contributed by atoms with Crippen molar-refractivity contribution >= 4 is 0 Å². The van der Waals surface area contributed by atoms with Gasteiger partial charge in [-0.25, -0.2) is 0 Å². The normalized spacial score (nSPS) is 50.8. The zero-order valence-electron chi connectivity index (χ0n) is 9.11. The van der Waals surface area contributed by atoms with Gasteiger partial charge >= 0.3 is 0 Å². The molecule has 4 nitrogen and oxygen atoms in total. The van der Waals surface area contributed by atoms with Crippen molar-refractivity contribution in [2.75, 3.05) is 0 Å². The smallest absolute Gasteiger partial charge is 0.187 e. The highest BCUT2D eigenvalue weighted by atomic mass is 16.8. The van der Waals surface area contributed by atoms with Crippen LogP contribution in [-0.4, -0.2) is 35.0 Å². The molecule has 2 aliphatic rings. The van der Waals surface area contributed by atoms with E-state index >= 15 is 0 Å². The van der Waals surface area contributed by atoms with Gasteiger partial charge in [0.05, 0.1) is 6.10 Å². The summed E-state index contributed by atoms with van der Waals surface area (Å²) in [5.74, 6) is -0.627. The number of aliphatic hydroxyl groups excluding tert-OH is 1. The number of hydrogen-bond acceptors (Lipinski definition) is 4. The van der Waals surface area contributed by atoms with Crippen LogP contribution >= 0.6 is 0 Å². The van der Waals surface area contributed by atoms with Gasteiger partial charge in [0.15, 0.2) is 12.1 Å². The Hall–Kier alpha value is -0.160. The van der Waals surface area contributed by atoms with Crippen LogP contribution in [0.4, 0.5) is 0 Å². The lowest BCUT2D eigenvalue weighted by Crippen LogP contribution is -2.43. The van der Waals surface area contributed by atoms with Gasteiger partial charge in [0.25, 0.3) is 0 Å². The second-order valence-corrected chi connectivity index (χ2v) is 4.66. The summed E-state index contributed by atoms with van der Waals surface area (Å²) in [4.78, 5) is 0. The van der Waals surface area contributed by atoms with Crippen molar-refractivity contribution in [1.29, 1.82) is 0 Å². The minimum Gasteiger partial charge on any atom is -0.366 e. The molecule has 1 unspecified atom stereocenters. The topological polar surface area (TPSA) is 47.9 Å². The van der Waals surface area contributed by atoms with Crippen molar-refractivity contribution in [2.24, 2.45) is 0 Å². The third-order valence-electron chi connectivity index (χ3n) is 2.98. The Morgan fingerprint density at radius 2 is 1.93 bits per heavy atom. The first kappa shape index (κ1) is 10.4. The van der Waals surface area contributed by atoms with E-state index in [0.717, 1.165) is 6.42 Å². The Labute approximate surface area is 84.1 Å². The fourth-order valence-electron chi connectivity index (χ4n) is 2.35. The Bertz CT molecular complexity index is 240. The van der Waals surface area contributed by atoms with Crippen molar-refractivity contribution in [3.05, 3.63) is 0 Å². The number of hydrogen-bond donors (Lipinski definition) is 1. The summed E-state index contributed by atoms with van der Waals surface area (Å²) in [5, 5.41) is 9.77. The Morgan fingerprint density at radius 3 is 2.50 bits per heavy atom. The summed E-state index contributed by atoms with van der Waals surface area (Å²) < 4.78 is 16.8. The SMILES string of the molecule is CC[C@H]1OC(O)[C@]2(C)OC(C)(C)O[C@H]12. The summed E-state index contributed by atoms with van der Waals surface area (Å²) in [7, 11) is 0. The molecule has 0 aliphatic carbocycles. The monoisotopic (exact) mass is 202 g/mol. The molecule has 1 N–H and O–H groups in total. The second kappa shape index (κ2) is 2.92. The molecule has 4 heteroatoms. The van der Waals surface area contributed by atoms with E-state index < -0.39 is 17.7 Å². The van der Waals surface area contributed by atoms with Crippen LogP contribution in [0.5, 0.6) is 0 Å². The number of ether oxygens (including phenoxy) is 3. The van der Waals surface area contributed by atoms with Crippen LogP contribution in [-0.2, 0) is 14.2 Å². The minimum atomic E-state index is -0.890. The van der Waals surface area contributed by atoms with Crippen molar-refractivity contribution in [3.63, 3.8) is 0 Å². The van der Waals surface area contributed by atoms with E-state index in [-0.39, 0.29) is 12.2 Å². The van der Waals surface area contributed by atoms with Crippen molar-refractivity contribution < 1.29 is 19.3 Å². The van der Waals surface area contributed by atoms with Gasteiger partial charge in [0.2, 0.25) is 0 Å². The maximum absolute atomic E-state index is 9.77. The summed E-state index contributed by atoms with van der Waals surface area (Å²) >= 11 is 0. The maximum atomic E-state index is 9.77. The third kappa shape index (κ3) is 1.29. The van der Waals surface area contributed by atoms with Gasteiger partial charge in [0.1, 0.15) is 11.7 Å². The molecule has 0 amide bonds. The lowest BCUT2D eigenvalue weighted by atomic mass is 9.97. The van der Waals surface area contributed by atoms with Crippen molar-refractivity contribution in [2.45, 2.75) is 64.0 Å². The maximum Gasteiger partial charge on any atom is 0.187 e. The van der Waals surface area contributed by atoms with E-state index in [0.29, 0.717) is 0 Å². The summed E-state index contributed by atoms with van der Waals surface area (Å²) in [5.41, 5.74) is -0.718. The molecule has 0 radical (unpaired) electrons. The van der Waals surface area contributed by atoms with E-state index in [2.05, 4.69) is 0 Å². The molecule has 2 aliphatic heterocycles. The molecule has 0 aromatic rings. The molecular formula is C10H18O4. The summed E-state index contributed by atoms with van der Waals surface area (Å²) in [6.45, 7) is 7.57. The van der Waals surface area contributed by atoms with Crippen LogP contribution < -0.4 is 0 Å². The van der Waals surface area contributed by atoms with Crippen LogP contribution in [0.25, 0.3) is 0 Å². The van der Waals surface area contributed by atoms with Gasteiger partial charge in [-0.2, -0.15) is 0 Å². The molecule has 4 atom stereocenters. The van der Waals surface area contributed by atoms with E-state index in [1.165, 1.54) is 0 Å². The molecular weight excluding hydrogens is 184 g/mol. The van der Waals surface area contributed by atoms with Gasteiger partial charge < -0.3 is 19.3 Å². The van der Waals surface area contributed by atoms with E-state index in [1.54, 1.807) is 0 Å². The Balaban J connectivity index is 2.26. The first-order valence-electron chi connectivity index (χ1n) is 5.10. The molecule has 14 heavy (non-hydrogen) atoms. The van der Waals surface area contributed by atoms with Crippen molar-refractivity contribution in [1.82, 2.24) is 0 Å². The highest BCUT2D eigenvalue weighted by Gasteiger charge is 2.62. The van der Waals surface area contributed by atoms with Gasteiger partial charge in [0, 0.05) is 0 Å². The zero-order valence-corrected chi connectivity index (χ0v) is 9.11. The molecule has 0 aromatic heterocycles. The highest BCUT2D eigenvalue weighted by Crippen LogP contribution is 2.46. The molecule has 82 valence electrons. The van der Waals surface area contributed by atoms with Crippen LogP contribution in [0.2, 0.25) is 0 Å². The first-order valence-corrected chi connectivity index (χ1v) is 5.10. The number of fused-ring (bicyclic) bond motifs is 1. The predicted molar refractivity (Wildman–Crippen MR) is 49.6 cm³/mol. The highest BCUT2D eigenvalue weighted by molar-refractivity contribution is 5.03. The molecule has 0 bridgehead atoms. The number of rotatable bonds is 1. The molecule has 0 saturated carbocycles. The lowest BCUT2D eigenvalue weighted by molar-refractivity contribution is -0.242. The third-order valence-corrected chi connectivity index (χ3v) is 2.98. The van der Waals surface area contributed by atoms with E-state index in [1.807, 2.05) is 27.7 Å². The van der Waals surface area contributed by atoms with Gasteiger partial charge in [-0.05, 0) is 27.2 Å². The predicted octanol–water partition coefficient (Wildman–Crippen LogP) is 1.02. The zero-order chi connectivity index (χ0) is 10.6. The van der Waals surface area contributed by atoms with Crippen molar-refractivity contribution in [3.8, 4) is 0 Å². The van der Waals surface area contributed by atoms with Crippen LogP contribution in [0.1, 0.15) is 34.1 Å². The molecule has 2 saturated heterocycles. The summed E-state index contributed by atoms with van der Waals surface area (Å²) in [6, 6.07) is 0. The number of aliphatic hydroxyl groups is 1. The molecule has 2 fully saturated rings. The van der Waals surface area contributed by atoms with Crippen LogP contribution in [0.15, 0.2) is 0 Å². The average Bonchev–Trinajstić information content (AvgIpc) is 2.42. The fraction of sp³-hybridized carbons (Fsp3) is 1.00. The standard InChI is InChI=1S/C10H18O4/c1-5-6-7-10(4,8(11)12-6)14-9(2,3)13-7/h6-8,11H,5H2,1-4H3/t6-,7-,8?,10-/m1/s1. The van der Waals surface area contributed by atoms with E-state index in [4.69, 9.17) is 14.2 Å². The second-order valence-electron chi connectivity index (χ2n) is 4.66. The average molecular weight is 202 g/mol. The first-order chi connectivity index (χ1) is 6.39. The van der Waals surface area contributed by atoms with Crippen LogP contribution in [0.3, 0.4) is 0 Å². The summed E-state index contributed by atoms with van der Waals surface area (Å²) in [6.07, 6.45) is -0.315. The largest absolute Gasteiger partial charge is 0.366 e. The minimum absolute atomic E-state index is 0.0724. The molecule has 2 heterocycles. The lowest BCUT2D eigenvalue weighted by Gasteiger charge is -2.25. The van der Waals surface area contributed by atoms with E-state index in [9.17, 15) is 5.11 Å². The molecule has 2 rings (SSSR count). The fourth-order valence-corrected chi connectivity index (χ4v) is 2.35. The van der Waals surface area contributed by atoms with Crippen LogP contribution in [0, 0.1) is 0 Å².